The SMILES string of the molecule is COc1ccc2ccc(OCC(=O)NCCc3ccc(Cl)cc3)cc2c1. The molecule has 0 heterocycles. The lowest BCUT2D eigenvalue weighted by molar-refractivity contribution is -0.123. The second-order valence-electron chi connectivity index (χ2n) is 5.89. The summed E-state index contributed by atoms with van der Waals surface area (Å²) in [6, 6.07) is 19.2. The standard InChI is InChI=1S/C21H20ClNO3/c1-25-19-8-4-16-5-9-20(13-17(16)12-19)26-14-21(24)23-11-10-15-2-6-18(22)7-3-15/h2-9,12-13H,10-11,14H2,1H3,(H,23,24). The van der Waals surface area contributed by atoms with Gasteiger partial charge in [0, 0.05) is 11.6 Å². The number of halogens is 1. The lowest BCUT2D eigenvalue weighted by Gasteiger charge is -2.09. The quantitative estimate of drug-likeness (QED) is 0.677. The van der Waals surface area contributed by atoms with E-state index in [1.165, 1.54) is 0 Å². The van der Waals surface area contributed by atoms with Crippen molar-refractivity contribution in [3.8, 4) is 11.5 Å². The van der Waals surface area contributed by atoms with Crippen molar-refractivity contribution in [3.63, 3.8) is 0 Å². The normalized spacial score (nSPS) is 10.5. The topological polar surface area (TPSA) is 47.6 Å². The number of amides is 1. The Labute approximate surface area is 157 Å². The molecule has 5 heteroatoms. The zero-order valence-corrected chi connectivity index (χ0v) is 15.3. The number of ether oxygens (including phenoxy) is 2. The van der Waals surface area contributed by atoms with Gasteiger partial charge >= 0.3 is 0 Å². The molecule has 1 N–H and O–H groups in total. The highest BCUT2D eigenvalue weighted by Gasteiger charge is 2.04. The largest absolute Gasteiger partial charge is 0.497 e. The summed E-state index contributed by atoms with van der Waals surface area (Å²) in [6.45, 7) is 0.537. The average molecular weight is 370 g/mol. The molecule has 0 unspecified atom stereocenters. The molecule has 3 aromatic carbocycles. The van der Waals surface area contributed by atoms with Crippen LogP contribution in [0, 0.1) is 0 Å². The Morgan fingerprint density at radius 1 is 0.962 bits per heavy atom. The summed E-state index contributed by atoms with van der Waals surface area (Å²) < 4.78 is 10.8. The number of carbonyl (C=O) groups is 1. The van der Waals surface area contributed by atoms with Gasteiger partial charge in [-0.3, -0.25) is 4.79 Å². The van der Waals surface area contributed by atoms with E-state index in [0.717, 1.165) is 28.5 Å². The van der Waals surface area contributed by atoms with Crippen LogP contribution in [-0.2, 0) is 11.2 Å². The first-order valence-electron chi connectivity index (χ1n) is 8.36. The fraction of sp³-hybridized carbons (Fsp3) is 0.190. The summed E-state index contributed by atoms with van der Waals surface area (Å²) >= 11 is 5.86. The molecule has 0 aromatic heterocycles. The molecule has 0 aliphatic rings. The second kappa shape index (κ2) is 8.59. The minimum absolute atomic E-state index is 0.0178. The minimum atomic E-state index is -0.148. The Morgan fingerprint density at radius 3 is 2.38 bits per heavy atom. The van der Waals surface area contributed by atoms with Crippen molar-refractivity contribution < 1.29 is 14.3 Å². The van der Waals surface area contributed by atoms with Crippen molar-refractivity contribution in [2.45, 2.75) is 6.42 Å². The number of hydrogen-bond donors (Lipinski definition) is 1. The van der Waals surface area contributed by atoms with Crippen molar-refractivity contribution in [1.29, 1.82) is 0 Å². The molecule has 0 aliphatic heterocycles. The Bertz CT molecular complexity index is 893. The van der Waals surface area contributed by atoms with Gasteiger partial charge in [-0.2, -0.15) is 0 Å². The molecule has 134 valence electrons. The molecule has 0 aliphatic carbocycles. The maximum Gasteiger partial charge on any atom is 0.257 e. The van der Waals surface area contributed by atoms with Gasteiger partial charge < -0.3 is 14.8 Å². The van der Waals surface area contributed by atoms with Crippen LogP contribution in [0.4, 0.5) is 0 Å². The van der Waals surface area contributed by atoms with E-state index in [9.17, 15) is 4.79 Å². The molecule has 3 aromatic rings. The van der Waals surface area contributed by atoms with Crippen LogP contribution in [0.15, 0.2) is 60.7 Å². The summed E-state index contributed by atoms with van der Waals surface area (Å²) in [4.78, 5) is 11.9. The van der Waals surface area contributed by atoms with E-state index in [4.69, 9.17) is 21.1 Å². The number of fused-ring (bicyclic) bond motifs is 1. The van der Waals surface area contributed by atoms with Gasteiger partial charge in [0.1, 0.15) is 11.5 Å². The average Bonchev–Trinajstić information content (AvgIpc) is 2.67. The summed E-state index contributed by atoms with van der Waals surface area (Å²) in [5.41, 5.74) is 1.12. The Kier molecular flexibility index (Phi) is 5.97. The predicted octanol–water partition coefficient (Wildman–Crippen LogP) is 4.24. The van der Waals surface area contributed by atoms with Crippen molar-refractivity contribution in [1.82, 2.24) is 5.32 Å². The predicted molar refractivity (Wildman–Crippen MR) is 104 cm³/mol. The summed E-state index contributed by atoms with van der Waals surface area (Å²) in [5, 5.41) is 5.66. The Balaban J connectivity index is 1.49. The third-order valence-corrected chi connectivity index (χ3v) is 4.29. The van der Waals surface area contributed by atoms with Crippen molar-refractivity contribution in [2.75, 3.05) is 20.3 Å². The Hall–Kier alpha value is -2.72. The van der Waals surface area contributed by atoms with Crippen LogP contribution in [0.25, 0.3) is 10.8 Å². The van der Waals surface area contributed by atoms with Gasteiger partial charge in [-0.15, -0.1) is 0 Å². The summed E-state index contributed by atoms with van der Waals surface area (Å²) in [7, 11) is 1.63. The first kappa shape index (κ1) is 18.1. The van der Waals surface area contributed by atoms with E-state index in [1.807, 2.05) is 60.7 Å². The maximum atomic E-state index is 11.9. The van der Waals surface area contributed by atoms with Gasteiger partial charge in [0.2, 0.25) is 0 Å². The van der Waals surface area contributed by atoms with Crippen LogP contribution in [0.1, 0.15) is 5.56 Å². The van der Waals surface area contributed by atoms with Gasteiger partial charge in [-0.25, -0.2) is 0 Å². The zero-order valence-electron chi connectivity index (χ0n) is 14.5. The summed E-state index contributed by atoms with van der Waals surface area (Å²) in [6.07, 6.45) is 0.749. The molecule has 0 bridgehead atoms. The number of carbonyl (C=O) groups excluding carboxylic acids is 1. The highest BCUT2D eigenvalue weighted by molar-refractivity contribution is 6.30. The van der Waals surface area contributed by atoms with E-state index in [1.54, 1.807) is 7.11 Å². The van der Waals surface area contributed by atoms with Crippen LogP contribution in [-0.4, -0.2) is 26.2 Å². The lowest BCUT2D eigenvalue weighted by Crippen LogP contribution is -2.30. The molecular weight excluding hydrogens is 350 g/mol. The Morgan fingerprint density at radius 2 is 1.65 bits per heavy atom. The highest BCUT2D eigenvalue weighted by atomic mass is 35.5. The number of methoxy groups -OCH3 is 1. The van der Waals surface area contributed by atoms with Crippen LogP contribution in [0.2, 0.25) is 5.02 Å². The molecule has 0 radical (unpaired) electrons. The van der Waals surface area contributed by atoms with E-state index >= 15 is 0 Å². The number of nitrogens with one attached hydrogen (secondary N) is 1. The van der Waals surface area contributed by atoms with Gasteiger partial charge in [-0.1, -0.05) is 35.9 Å². The molecule has 26 heavy (non-hydrogen) atoms. The van der Waals surface area contributed by atoms with Crippen LogP contribution in [0.5, 0.6) is 11.5 Å². The fourth-order valence-corrected chi connectivity index (χ4v) is 2.74. The zero-order chi connectivity index (χ0) is 18.4. The third kappa shape index (κ3) is 4.90. The maximum absolute atomic E-state index is 11.9. The summed E-state index contributed by atoms with van der Waals surface area (Å²) in [5.74, 6) is 1.29. The molecule has 0 saturated heterocycles. The number of benzene rings is 3. The molecule has 1 amide bonds. The molecule has 0 fully saturated rings. The first-order chi connectivity index (χ1) is 12.6. The molecular formula is C21H20ClNO3. The van der Waals surface area contributed by atoms with E-state index in [0.29, 0.717) is 17.3 Å². The molecule has 4 nitrogen and oxygen atoms in total. The van der Waals surface area contributed by atoms with Crippen LogP contribution < -0.4 is 14.8 Å². The molecule has 0 spiro atoms. The van der Waals surface area contributed by atoms with Gasteiger partial charge in [0.25, 0.3) is 5.91 Å². The van der Waals surface area contributed by atoms with Crippen molar-refractivity contribution >= 4 is 28.3 Å². The van der Waals surface area contributed by atoms with Crippen LogP contribution in [0.3, 0.4) is 0 Å². The van der Waals surface area contributed by atoms with Gasteiger partial charge in [0.15, 0.2) is 6.61 Å². The third-order valence-electron chi connectivity index (χ3n) is 4.04. The van der Waals surface area contributed by atoms with E-state index in [-0.39, 0.29) is 12.5 Å². The van der Waals surface area contributed by atoms with Crippen molar-refractivity contribution in [3.05, 3.63) is 71.2 Å². The first-order valence-corrected chi connectivity index (χ1v) is 8.73. The van der Waals surface area contributed by atoms with Gasteiger partial charge in [0.05, 0.1) is 7.11 Å². The van der Waals surface area contributed by atoms with Crippen LogP contribution >= 0.6 is 11.6 Å². The molecule has 0 saturated carbocycles. The lowest BCUT2D eigenvalue weighted by atomic mass is 10.1. The fourth-order valence-electron chi connectivity index (χ4n) is 2.62. The minimum Gasteiger partial charge on any atom is -0.497 e. The second-order valence-corrected chi connectivity index (χ2v) is 6.33. The highest BCUT2D eigenvalue weighted by Crippen LogP contribution is 2.24. The molecule has 3 rings (SSSR count). The van der Waals surface area contributed by atoms with E-state index < -0.39 is 0 Å². The number of rotatable bonds is 7. The molecule has 0 atom stereocenters. The monoisotopic (exact) mass is 369 g/mol. The number of hydrogen-bond acceptors (Lipinski definition) is 3. The van der Waals surface area contributed by atoms with E-state index in [2.05, 4.69) is 5.32 Å². The smallest absolute Gasteiger partial charge is 0.257 e. The van der Waals surface area contributed by atoms with Crippen molar-refractivity contribution in [2.24, 2.45) is 0 Å². The van der Waals surface area contributed by atoms with Gasteiger partial charge in [-0.05, 0) is 59.2 Å².